The predicted octanol–water partition coefficient (Wildman–Crippen LogP) is 3.77. The summed E-state index contributed by atoms with van der Waals surface area (Å²) in [6.45, 7) is 1.54. The maximum Gasteiger partial charge on any atom is 0.416 e. The van der Waals surface area contributed by atoms with Gasteiger partial charge in [0.25, 0.3) is 0 Å². The minimum atomic E-state index is -4.40. The largest absolute Gasteiger partial charge is 0.478 e. The molecule has 0 aliphatic carbocycles. The molecular weight excluding hydrogens is 271 g/mol. The summed E-state index contributed by atoms with van der Waals surface area (Å²) < 4.78 is 37.7. The molecule has 1 N–H and O–H groups in total. The van der Waals surface area contributed by atoms with Gasteiger partial charge in [-0.1, -0.05) is 6.07 Å². The van der Waals surface area contributed by atoms with Gasteiger partial charge < -0.3 is 5.11 Å². The second kappa shape index (κ2) is 4.96. The molecule has 2 aromatic rings. The van der Waals surface area contributed by atoms with Gasteiger partial charge in [0.05, 0.1) is 11.1 Å². The molecule has 20 heavy (non-hydrogen) atoms. The van der Waals surface area contributed by atoms with Crippen molar-refractivity contribution >= 4 is 5.97 Å². The van der Waals surface area contributed by atoms with Gasteiger partial charge in [-0.25, -0.2) is 4.79 Å². The van der Waals surface area contributed by atoms with E-state index in [0.29, 0.717) is 16.7 Å². The maximum absolute atomic E-state index is 12.6. The molecule has 0 spiro atoms. The number of aromatic nitrogens is 1. The first-order valence-corrected chi connectivity index (χ1v) is 5.65. The number of alkyl halides is 3. The molecule has 104 valence electrons. The molecule has 0 aliphatic heterocycles. The smallest absolute Gasteiger partial charge is 0.416 e. The van der Waals surface area contributed by atoms with Crippen LogP contribution in [0.25, 0.3) is 11.1 Å². The summed E-state index contributed by atoms with van der Waals surface area (Å²) in [7, 11) is 0. The fourth-order valence-corrected chi connectivity index (χ4v) is 1.87. The third-order valence-corrected chi connectivity index (χ3v) is 2.85. The van der Waals surface area contributed by atoms with Gasteiger partial charge in [0, 0.05) is 18.0 Å². The zero-order valence-corrected chi connectivity index (χ0v) is 10.4. The molecule has 0 saturated carbocycles. The third-order valence-electron chi connectivity index (χ3n) is 2.85. The summed E-state index contributed by atoms with van der Waals surface area (Å²) in [5, 5.41) is 8.89. The number of carboxylic acids is 1. The maximum atomic E-state index is 12.6. The Kier molecular flexibility index (Phi) is 3.48. The lowest BCUT2D eigenvalue weighted by Crippen LogP contribution is -2.05. The van der Waals surface area contributed by atoms with Crippen LogP contribution in [0.1, 0.15) is 21.5 Å². The van der Waals surface area contributed by atoms with Crippen LogP contribution in [0.2, 0.25) is 0 Å². The van der Waals surface area contributed by atoms with Crippen LogP contribution in [0, 0.1) is 6.92 Å². The van der Waals surface area contributed by atoms with Crippen LogP contribution in [-0.4, -0.2) is 16.1 Å². The lowest BCUT2D eigenvalue weighted by atomic mass is 9.98. The molecule has 1 aromatic heterocycles. The van der Waals surface area contributed by atoms with Crippen LogP contribution in [0.3, 0.4) is 0 Å². The number of benzene rings is 1. The second-order valence-electron chi connectivity index (χ2n) is 4.29. The molecule has 2 rings (SSSR count). The van der Waals surface area contributed by atoms with E-state index in [1.807, 2.05) is 0 Å². The zero-order valence-electron chi connectivity index (χ0n) is 10.4. The van der Waals surface area contributed by atoms with Crippen molar-refractivity contribution in [3.05, 3.63) is 53.3 Å². The molecular formula is C14H10F3NO2. The van der Waals surface area contributed by atoms with Crippen molar-refractivity contribution in [3.8, 4) is 11.1 Å². The molecule has 3 nitrogen and oxygen atoms in total. The summed E-state index contributed by atoms with van der Waals surface area (Å²) in [5.41, 5.74) is 0.650. The first-order valence-electron chi connectivity index (χ1n) is 5.65. The minimum Gasteiger partial charge on any atom is -0.478 e. The number of hydrogen-bond acceptors (Lipinski definition) is 2. The molecule has 0 bridgehead atoms. The van der Waals surface area contributed by atoms with Gasteiger partial charge in [-0.05, 0) is 36.2 Å². The highest BCUT2D eigenvalue weighted by Crippen LogP contribution is 2.33. The Labute approximate surface area is 112 Å². The fourth-order valence-electron chi connectivity index (χ4n) is 1.87. The molecule has 0 aliphatic rings. The summed E-state index contributed by atoms with van der Waals surface area (Å²) in [5.74, 6) is -1.14. The number of halogens is 3. The third kappa shape index (κ3) is 2.79. The Hall–Kier alpha value is -2.37. The van der Waals surface area contributed by atoms with E-state index in [-0.39, 0.29) is 5.56 Å². The Morgan fingerprint density at radius 2 is 1.90 bits per heavy atom. The van der Waals surface area contributed by atoms with E-state index in [2.05, 4.69) is 4.98 Å². The van der Waals surface area contributed by atoms with Crippen LogP contribution in [0.15, 0.2) is 36.7 Å². The number of aryl methyl sites for hydroxylation is 1. The molecule has 0 fully saturated rings. The number of carboxylic acid groups (broad SMARTS) is 1. The van der Waals surface area contributed by atoms with Gasteiger partial charge in [0.1, 0.15) is 0 Å². The first-order chi connectivity index (χ1) is 9.29. The summed E-state index contributed by atoms with van der Waals surface area (Å²) in [6.07, 6.45) is -1.79. The van der Waals surface area contributed by atoms with E-state index in [9.17, 15) is 18.0 Å². The quantitative estimate of drug-likeness (QED) is 0.911. The number of carbonyl (C=O) groups is 1. The van der Waals surface area contributed by atoms with Gasteiger partial charge >= 0.3 is 12.1 Å². The van der Waals surface area contributed by atoms with E-state index in [1.54, 1.807) is 0 Å². The van der Waals surface area contributed by atoms with Crippen LogP contribution >= 0.6 is 0 Å². The van der Waals surface area contributed by atoms with Crippen molar-refractivity contribution in [2.24, 2.45) is 0 Å². The summed E-state index contributed by atoms with van der Waals surface area (Å²) >= 11 is 0. The second-order valence-corrected chi connectivity index (χ2v) is 4.29. The molecule has 0 atom stereocenters. The number of rotatable bonds is 2. The molecule has 0 saturated heterocycles. The average molecular weight is 281 g/mol. The van der Waals surface area contributed by atoms with Gasteiger partial charge in [-0.15, -0.1) is 0 Å². The van der Waals surface area contributed by atoms with E-state index in [0.717, 1.165) is 12.1 Å². The van der Waals surface area contributed by atoms with Crippen molar-refractivity contribution in [1.82, 2.24) is 4.98 Å². The van der Waals surface area contributed by atoms with Gasteiger partial charge in [-0.2, -0.15) is 13.2 Å². The SMILES string of the molecule is Cc1cc(C(F)(F)F)ccc1-c1cncc(C(=O)O)c1. The molecule has 6 heteroatoms. The molecule has 0 radical (unpaired) electrons. The van der Waals surface area contributed by atoms with Crippen molar-refractivity contribution < 1.29 is 23.1 Å². The molecule has 0 unspecified atom stereocenters. The number of nitrogens with zero attached hydrogens (tertiary/aromatic N) is 1. The average Bonchev–Trinajstić information content (AvgIpc) is 2.37. The monoisotopic (exact) mass is 281 g/mol. The number of pyridine rings is 1. The van der Waals surface area contributed by atoms with E-state index in [1.165, 1.54) is 31.5 Å². The molecule has 1 aromatic carbocycles. The summed E-state index contributed by atoms with van der Waals surface area (Å²) in [4.78, 5) is 14.7. The van der Waals surface area contributed by atoms with Crippen LogP contribution in [0.4, 0.5) is 13.2 Å². The van der Waals surface area contributed by atoms with Crippen molar-refractivity contribution in [1.29, 1.82) is 0 Å². The minimum absolute atomic E-state index is 0.0122. The lowest BCUT2D eigenvalue weighted by Gasteiger charge is -2.11. The standard InChI is InChI=1S/C14H10F3NO2/c1-8-4-11(14(15,16)17)2-3-12(8)9-5-10(13(19)20)7-18-6-9/h2-7H,1H3,(H,19,20). The zero-order chi connectivity index (χ0) is 14.9. The van der Waals surface area contributed by atoms with Gasteiger partial charge in [0.15, 0.2) is 0 Å². The predicted molar refractivity (Wildman–Crippen MR) is 66.4 cm³/mol. The Bertz CT molecular complexity index is 666. The van der Waals surface area contributed by atoms with E-state index < -0.39 is 17.7 Å². The van der Waals surface area contributed by atoms with Crippen LogP contribution < -0.4 is 0 Å². The van der Waals surface area contributed by atoms with Crippen LogP contribution in [0.5, 0.6) is 0 Å². The molecule has 0 amide bonds. The highest BCUT2D eigenvalue weighted by Gasteiger charge is 2.30. The van der Waals surface area contributed by atoms with Crippen molar-refractivity contribution in [2.75, 3.05) is 0 Å². The normalized spacial score (nSPS) is 11.4. The first kappa shape index (κ1) is 14.0. The Morgan fingerprint density at radius 1 is 1.20 bits per heavy atom. The Balaban J connectivity index is 2.49. The van der Waals surface area contributed by atoms with Crippen molar-refractivity contribution in [2.45, 2.75) is 13.1 Å². The van der Waals surface area contributed by atoms with Gasteiger partial charge in [-0.3, -0.25) is 4.98 Å². The molecule has 1 heterocycles. The number of aromatic carboxylic acids is 1. The van der Waals surface area contributed by atoms with E-state index in [4.69, 9.17) is 5.11 Å². The lowest BCUT2D eigenvalue weighted by molar-refractivity contribution is -0.137. The summed E-state index contributed by atoms with van der Waals surface area (Å²) in [6, 6.07) is 4.70. The van der Waals surface area contributed by atoms with Crippen molar-refractivity contribution in [3.63, 3.8) is 0 Å². The number of hydrogen-bond donors (Lipinski definition) is 1. The van der Waals surface area contributed by atoms with E-state index >= 15 is 0 Å². The highest BCUT2D eigenvalue weighted by atomic mass is 19.4. The fraction of sp³-hybridized carbons (Fsp3) is 0.143. The Morgan fingerprint density at radius 3 is 2.45 bits per heavy atom. The van der Waals surface area contributed by atoms with Crippen LogP contribution in [-0.2, 0) is 6.18 Å². The highest BCUT2D eigenvalue weighted by molar-refractivity contribution is 5.89. The topological polar surface area (TPSA) is 50.2 Å². The van der Waals surface area contributed by atoms with Gasteiger partial charge in [0.2, 0.25) is 0 Å².